The zero-order valence-corrected chi connectivity index (χ0v) is 4.98. The maximum Gasteiger partial charge on any atom is 0.214 e. The Morgan fingerprint density at radius 3 is 2.12 bits per heavy atom. The van der Waals surface area contributed by atoms with E-state index in [1.807, 2.05) is 0 Å². The summed E-state index contributed by atoms with van der Waals surface area (Å²) in [6.07, 6.45) is 0. The summed E-state index contributed by atoms with van der Waals surface area (Å²) in [6, 6.07) is 0. The molecule has 1 rings (SSSR count). The van der Waals surface area contributed by atoms with E-state index in [2.05, 4.69) is 19.6 Å². The molecule has 5 heteroatoms. The van der Waals surface area contributed by atoms with Crippen LogP contribution in [0.2, 0.25) is 0 Å². The molecule has 0 aromatic rings. The average molecular weight is 138 g/mol. The van der Waals surface area contributed by atoms with Crippen LogP contribution in [0.1, 0.15) is 0 Å². The Morgan fingerprint density at radius 2 is 1.50 bits per heavy atom. The van der Waals surface area contributed by atoms with E-state index in [0.29, 0.717) is 11.9 Å². The van der Waals surface area contributed by atoms with Crippen LogP contribution in [0.25, 0.3) is 0 Å². The molecule has 0 spiro atoms. The lowest BCUT2D eigenvalue weighted by molar-refractivity contribution is -0.412. The molecule has 4 nitrogen and oxygen atoms in total. The van der Waals surface area contributed by atoms with E-state index in [1.54, 1.807) is 0 Å². The van der Waals surface area contributed by atoms with E-state index in [1.165, 1.54) is 11.8 Å². The van der Waals surface area contributed by atoms with Crippen LogP contribution < -0.4 is 0 Å². The van der Waals surface area contributed by atoms with Gasteiger partial charge in [-0.05, 0) is 0 Å². The molecule has 0 unspecified atom stereocenters. The molecule has 1 saturated heterocycles. The molecule has 1 aliphatic heterocycles. The van der Waals surface area contributed by atoms with Gasteiger partial charge in [-0.3, -0.25) is 0 Å². The van der Waals surface area contributed by atoms with Crippen molar-refractivity contribution in [3.8, 4) is 0 Å². The van der Waals surface area contributed by atoms with E-state index < -0.39 is 0 Å². The lowest BCUT2D eigenvalue weighted by Crippen LogP contribution is -2.06. The summed E-state index contributed by atoms with van der Waals surface area (Å²) in [5.74, 6) is 0.979. The van der Waals surface area contributed by atoms with E-state index in [9.17, 15) is 0 Å². The van der Waals surface area contributed by atoms with Gasteiger partial charge in [0.1, 0.15) is 11.9 Å². The first kappa shape index (κ1) is 6.31. The summed E-state index contributed by atoms with van der Waals surface area (Å²) in [4.78, 5) is 17.9. The molecule has 0 radical (unpaired) electrons. The van der Waals surface area contributed by atoms with E-state index in [-0.39, 0.29) is 6.79 Å². The lowest BCUT2D eigenvalue weighted by atomic mass is 11.5. The van der Waals surface area contributed by atoms with Gasteiger partial charge in [-0.15, -0.1) is 0 Å². The van der Waals surface area contributed by atoms with Crippen molar-refractivity contribution in [2.75, 3.05) is 18.7 Å². The smallest absolute Gasteiger partial charge is 0.214 e. The molecule has 0 aliphatic carbocycles. The van der Waals surface area contributed by atoms with Crippen LogP contribution >= 0.6 is 11.8 Å². The van der Waals surface area contributed by atoms with Gasteiger partial charge in [0.05, 0.1) is 0 Å². The minimum Gasteiger partial charge on any atom is -0.223 e. The summed E-state index contributed by atoms with van der Waals surface area (Å²) in [5, 5.41) is 0. The molecule has 48 valence electrons. The number of hydrogen-bond acceptors (Lipinski definition) is 5. The Balaban J connectivity index is 2.00. The van der Waals surface area contributed by atoms with Crippen LogP contribution in [0.5, 0.6) is 0 Å². The van der Waals surface area contributed by atoms with Gasteiger partial charge < -0.3 is 0 Å². The third-order valence-corrected chi connectivity index (χ3v) is 1.05. The fourth-order valence-corrected chi connectivity index (χ4v) is 0.598. The highest BCUT2D eigenvalue weighted by atomic mass is 32.2. The van der Waals surface area contributed by atoms with Crippen molar-refractivity contribution in [1.82, 2.24) is 0 Å². The van der Waals surface area contributed by atoms with E-state index in [4.69, 9.17) is 0 Å². The highest BCUT2D eigenvalue weighted by Gasteiger charge is 1.96. The van der Waals surface area contributed by atoms with Gasteiger partial charge in [-0.2, -0.15) is 0 Å². The maximum absolute atomic E-state index is 4.53. The van der Waals surface area contributed by atoms with Gasteiger partial charge >= 0.3 is 0 Å². The zero-order valence-electron chi connectivity index (χ0n) is 4.16. The van der Waals surface area contributed by atoms with Crippen molar-refractivity contribution < 1.29 is 19.6 Å². The molecule has 8 heavy (non-hydrogen) atoms. The number of thioether (sulfide) groups is 1. The largest absolute Gasteiger partial charge is 0.223 e. The molecular formula is C3H6O4S. The molecule has 0 aromatic heterocycles. The number of rotatable bonds is 0. The molecule has 0 atom stereocenters. The van der Waals surface area contributed by atoms with Crippen LogP contribution in [-0.4, -0.2) is 18.7 Å². The molecule has 0 saturated carbocycles. The van der Waals surface area contributed by atoms with Crippen LogP contribution in [0, 0.1) is 0 Å². The summed E-state index contributed by atoms with van der Waals surface area (Å²) < 4.78 is 0. The van der Waals surface area contributed by atoms with Crippen molar-refractivity contribution >= 4 is 11.8 Å². The van der Waals surface area contributed by atoms with E-state index in [0.717, 1.165) is 0 Å². The molecule has 1 aliphatic rings. The van der Waals surface area contributed by atoms with Gasteiger partial charge in [0.25, 0.3) is 0 Å². The molecule has 0 aromatic carbocycles. The van der Waals surface area contributed by atoms with Crippen molar-refractivity contribution in [3.63, 3.8) is 0 Å². The zero-order chi connectivity index (χ0) is 5.66. The third kappa shape index (κ3) is 2.49. The second-order valence-electron chi connectivity index (χ2n) is 1.03. The van der Waals surface area contributed by atoms with Gasteiger partial charge in [0.15, 0.2) is 0 Å². The summed E-state index contributed by atoms with van der Waals surface area (Å²) in [6.45, 7) is 0.0422. The minimum atomic E-state index is 0.0422. The lowest BCUT2D eigenvalue weighted by Gasteiger charge is -2.07. The second-order valence-corrected chi connectivity index (χ2v) is 1.91. The number of hydrogen-bond donors (Lipinski definition) is 0. The molecule has 1 fully saturated rings. The quantitative estimate of drug-likeness (QED) is 0.456. The van der Waals surface area contributed by atoms with Gasteiger partial charge in [-0.25, -0.2) is 19.6 Å². The third-order valence-electron chi connectivity index (χ3n) is 0.526. The monoisotopic (exact) mass is 138 g/mol. The van der Waals surface area contributed by atoms with Crippen LogP contribution in [-0.2, 0) is 19.6 Å². The topological polar surface area (TPSA) is 36.9 Å². The predicted molar refractivity (Wildman–Crippen MR) is 26.5 cm³/mol. The van der Waals surface area contributed by atoms with Crippen molar-refractivity contribution in [2.24, 2.45) is 0 Å². The first-order valence-electron chi connectivity index (χ1n) is 2.07. The normalized spacial score (nSPS) is 24.0. The Morgan fingerprint density at radius 1 is 0.875 bits per heavy atom. The first-order chi connectivity index (χ1) is 4.00. The Labute approximate surface area is 50.9 Å². The van der Waals surface area contributed by atoms with Crippen LogP contribution in [0.4, 0.5) is 0 Å². The average Bonchev–Trinajstić information content (AvgIpc) is 1.62. The second kappa shape index (κ2) is 4.11. The van der Waals surface area contributed by atoms with Gasteiger partial charge in [-0.1, -0.05) is 11.8 Å². The first-order valence-corrected chi connectivity index (χ1v) is 3.22. The molecule has 0 amide bonds. The van der Waals surface area contributed by atoms with Crippen LogP contribution in [0.15, 0.2) is 0 Å². The van der Waals surface area contributed by atoms with Crippen molar-refractivity contribution in [1.29, 1.82) is 0 Å². The van der Waals surface area contributed by atoms with Crippen LogP contribution in [0.3, 0.4) is 0 Å². The Kier molecular flexibility index (Phi) is 3.24. The fourth-order valence-electron chi connectivity index (χ4n) is 0.258. The molecule has 0 N–H and O–H groups in total. The van der Waals surface area contributed by atoms with E-state index >= 15 is 0 Å². The highest BCUT2D eigenvalue weighted by molar-refractivity contribution is 7.98. The SMILES string of the molecule is C1OOCSCOO1. The highest BCUT2D eigenvalue weighted by Crippen LogP contribution is 2.04. The maximum atomic E-state index is 4.53. The van der Waals surface area contributed by atoms with Crippen molar-refractivity contribution in [3.05, 3.63) is 0 Å². The minimum absolute atomic E-state index is 0.0422. The molecule has 0 bridgehead atoms. The predicted octanol–water partition coefficient (Wildman–Crippen LogP) is 0.502. The fraction of sp³-hybridized carbons (Fsp3) is 1.00. The Hall–Kier alpha value is 0.190. The standard InChI is InChI=1S/C3H6O4S/c1-4-6-2-8-3-7-5-1/h1-3H2. The van der Waals surface area contributed by atoms with Crippen molar-refractivity contribution in [2.45, 2.75) is 0 Å². The summed E-state index contributed by atoms with van der Waals surface area (Å²) >= 11 is 1.43. The molecule has 1 heterocycles. The summed E-state index contributed by atoms with van der Waals surface area (Å²) in [7, 11) is 0. The summed E-state index contributed by atoms with van der Waals surface area (Å²) in [5.41, 5.74) is 0. The van der Waals surface area contributed by atoms with Gasteiger partial charge in [0.2, 0.25) is 6.79 Å². The molecular weight excluding hydrogens is 132 g/mol. The van der Waals surface area contributed by atoms with Gasteiger partial charge in [0, 0.05) is 0 Å². The Bertz CT molecular complexity index is 35.2.